The first-order chi connectivity index (χ1) is 14.3. The number of ketones is 1. The summed E-state index contributed by atoms with van der Waals surface area (Å²) < 4.78 is 15.5. The molecule has 0 spiro atoms. The Kier molecular flexibility index (Phi) is 8.11. The summed E-state index contributed by atoms with van der Waals surface area (Å²) in [5.41, 5.74) is 1.03. The lowest BCUT2D eigenvalue weighted by atomic mass is 10.1. The highest BCUT2D eigenvalue weighted by molar-refractivity contribution is 7.18. The lowest BCUT2D eigenvalue weighted by molar-refractivity contribution is -0.118. The Morgan fingerprint density at radius 3 is 2.13 bits per heavy atom. The first-order valence-corrected chi connectivity index (χ1v) is 10.1. The van der Waals surface area contributed by atoms with Crippen LogP contribution in [0.15, 0.2) is 24.3 Å². The second kappa shape index (κ2) is 10.5. The van der Waals surface area contributed by atoms with Crippen molar-refractivity contribution in [3.63, 3.8) is 0 Å². The first kappa shape index (κ1) is 23.1. The van der Waals surface area contributed by atoms with Gasteiger partial charge < -0.3 is 19.5 Å². The van der Waals surface area contributed by atoms with Crippen LogP contribution < -0.4 is 10.1 Å². The summed E-state index contributed by atoms with van der Waals surface area (Å²) in [7, 11) is 0. The standard InChI is InChI=1S/C21H23NO7S/c1-5-27-20(25)17-12(3)18(21(26)28-6-2)30-19(17)22-16(24)11-29-15-9-7-14(8-10-15)13(4)23/h7-10H,5-6,11H2,1-4H3,(H,22,24). The average molecular weight is 433 g/mol. The van der Waals surface area contributed by atoms with E-state index in [9.17, 15) is 19.2 Å². The van der Waals surface area contributed by atoms with Crippen molar-refractivity contribution in [1.82, 2.24) is 0 Å². The van der Waals surface area contributed by atoms with E-state index < -0.39 is 17.8 Å². The molecule has 1 heterocycles. The van der Waals surface area contributed by atoms with E-state index in [0.717, 1.165) is 11.3 Å². The number of Topliss-reactive ketones (excluding diaryl/α,β-unsaturated/α-hetero) is 1. The topological polar surface area (TPSA) is 108 Å². The van der Waals surface area contributed by atoms with Gasteiger partial charge in [0.25, 0.3) is 5.91 Å². The second-order valence-corrected chi connectivity index (χ2v) is 7.14. The minimum absolute atomic E-state index is 0.0729. The molecule has 30 heavy (non-hydrogen) atoms. The van der Waals surface area contributed by atoms with Crippen LogP contribution in [0.1, 0.15) is 56.7 Å². The molecule has 0 atom stereocenters. The SMILES string of the molecule is CCOC(=O)c1sc(NC(=O)COc2ccc(C(C)=O)cc2)c(C(=O)OCC)c1C. The quantitative estimate of drug-likeness (QED) is 0.475. The zero-order valence-electron chi connectivity index (χ0n) is 17.2. The molecule has 1 N–H and O–H groups in total. The Morgan fingerprint density at radius 1 is 0.967 bits per heavy atom. The number of nitrogens with one attached hydrogen (secondary N) is 1. The number of benzene rings is 1. The van der Waals surface area contributed by atoms with Gasteiger partial charge in [-0.05, 0) is 57.5 Å². The minimum atomic E-state index is -0.641. The van der Waals surface area contributed by atoms with Gasteiger partial charge in [-0.2, -0.15) is 0 Å². The Balaban J connectivity index is 2.15. The molecule has 0 aliphatic rings. The summed E-state index contributed by atoms with van der Waals surface area (Å²) in [5, 5.41) is 2.79. The molecule has 2 aromatic rings. The number of esters is 2. The van der Waals surface area contributed by atoms with Crippen molar-refractivity contribution in [2.75, 3.05) is 25.1 Å². The monoisotopic (exact) mass is 433 g/mol. The van der Waals surface area contributed by atoms with E-state index in [-0.39, 0.29) is 41.0 Å². The van der Waals surface area contributed by atoms with Gasteiger partial charge in [0.05, 0.1) is 18.8 Å². The Bertz CT molecular complexity index is 947. The third-order valence-electron chi connectivity index (χ3n) is 3.97. The molecule has 9 heteroatoms. The third kappa shape index (κ3) is 5.66. The summed E-state index contributed by atoms with van der Waals surface area (Å²) in [6.07, 6.45) is 0. The predicted molar refractivity (Wildman–Crippen MR) is 112 cm³/mol. The molecule has 1 aromatic carbocycles. The fourth-order valence-corrected chi connectivity index (χ4v) is 3.64. The van der Waals surface area contributed by atoms with E-state index in [1.165, 1.54) is 6.92 Å². The molecule has 0 aliphatic heterocycles. The second-order valence-electron chi connectivity index (χ2n) is 6.12. The summed E-state index contributed by atoms with van der Waals surface area (Å²) >= 11 is 0.943. The van der Waals surface area contributed by atoms with Gasteiger partial charge in [0.1, 0.15) is 15.6 Å². The lowest BCUT2D eigenvalue weighted by Gasteiger charge is -2.09. The normalized spacial score (nSPS) is 10.3. The molecule has 0 radical (unpaired) electrons. The maximum atomic E-state index is 12.4. The number of anilines is 1. The smallest absolute Gasteiger partial charge is 0.348 e. The van der Waals surface area contributed by atoms with E-state index in [4.69, 9.17) is 14.2 Å². The average Bonchev–Trinajstić information content (AvgIpc) is 3.03. The Labute approximate surface area is 178 Å². The van der Waals surface area contributed by atoms with E-state index in [2.05, 4.69) is 5.32 Å². The highest BCUT2D eigenvalue weighted by Gasteiger charge is 2.27. The zero-order chi connectivity index (χ0) is 22.3. The van der Waals surface area contributed by atoms with Gasteiger partial charge in [0.2, 0.25) is 0 Å². The summed E-state index contributed by atoms with van der Waals surface area (Å²) in [5.74, 6) is -1.40. The fraction of sp³-hybridized carbons (Fsp3) is 0.333. The fourth-order valence-electron chi connectivity index (χ4n) is 2.54. The molecule has 8 nitrogen and oxygen atoms in total. The highest BCUT2D eigenvalue weighted by atomic mass is 32.1. The number of amides is 1. The summed E-state index contributed by atoms with van der Waals surface area (Å²) in [4.78, 5) is 48.4. The molecule has 0 bridgehead atoms. The van der Waals surface area contributed by atoms with Crippen molar-refractivity contribution >= 4 is 40.0 Å². The van der Waals surface area contributed by atoms with Gasteiger partial charge in [-0.1, -0.05) is 0 Å². The third-order valence-corrected chi connectivity index (χ3v) is 5.16. The molecular formula is C21H23NO7S. The highest BCUT2D eigenvalue weighted by Crippen LogP contribution is 2.34. The van der Waals surface area contributed by atoms with E-state index in [1.54, 1.807) is 45.0 Å². The van der Waals surface area contributed by atoms with Crippen molar-refractivity contribution in [2.24, 2.45) is 0 Å². The van der Waals surface area contributed by atoms with Crippen molar-refractivity contribution < 1.29 is 33.4 Å². The summed E-state index contributed by atoms with van der Waals surface area (Å²) in [6, 6.07) is 6.37. The maximum Gasteiger partial charge on any atom is 0.348 e. The van der Waals surface area contributed by atoms with Gasteiger partial charge in [-0.3, -0.25) is 9.59 Å². The molecule has 1 aromatic heterocycles. The van der Waals surface area contributed by atoms with E-state index >= 15 is 0 Å². The predicted octanol–water partition coefficient (Wildman–Crippen LogP) is 3.63. The Hall–Kier alpha value is -3.20. The van der Waals surface area contributed by atoms with Crippen LogP contribution in [0.2, 0.25) is 0 Å². The van der Waals surface area contributed by atoms with Crippen LogP contribution >= 0.6 is 11.3 Å². The van der Waals surface area contributed by atoms with Crippen LogP contribution in [-0.4, -0.2) is 43.4 Å². The molecule has 2 rings (SSSR count). The molecule has 0 aliphatic carbocycles. The number of hydrogen-bond acceptors (Lipinski definition) is 8. The number of hydrogen-bond donors (Lipinski definition) is 1. The Morgan fingerprint density at radius 2 is 1.57 bits per heavy atom. The maximum absolute atomic E-state index is 12.4. The lowest BCUT2D eigenvalue weighted by Crippen LogP contribution is -2.21. The van der Waals surface area contributed by atoms with Gasteiger partial charge in [0, 0.05) is 5.56 Å². The van der Waals surface area contributed by atoms with Crippen LogP contribution in [0, 0.1) is 6.92 Å². The number of ether oxygens (including phenoxy) is 3. The molecule has 1 amide bonds. The minimum Gasteiger partial charge on any atom is -0.484 e. The largest absolute Gasteiger partial charge is 0.484 e. The van der Waals surface area contributed by atoms with Gasteiger partial charge >= 0.3 is 11.9 Å². The first-order valence-electron chi connectivity index (χ1n) is 9.29. The van der Waals surface area contributed by atoms with Gasteiger partial charge in [-0.25, -0.2) is 9.59 Å². The number of carbonyl (C=O) groups excluding carboxylic acids is 4. The van der Waals surface area contributed by atoms with Crippen LogP contribution in [0.3, 0.4) is 0 Å². The van der Waals surface area contributed by atoms with E-state index in [0.29, 0.717) is 16.9 Å². The van der Waals surface area contributed by atoms with Crippen LogP contribution in [0.5, 0.6) is 5.75 Å². The van der Waals surface area contributed by atoms with Crippen molar-refractivity contribution in [3.8, 4) is 5.75 Å². The van der Waals surface area contributed by atoms with Crippen molar-refractivity contribution in [1.29, 1.82) is 0 Å². The summed E-state index contributed by atoms with van der Waals surface area (Å²) in [6.45, 7) is 6.40. The van der Waals surface area contributed by atoms with Gasteiger partial charge in [0.15, 0.2) is 12.4 Å². The number of rotatable bonds is 9. The number of carbonyl (C=O) groups is 4. The van der Waals surface area contributed by atoms with Gasteiger partial charge in [-0.15, -0.1) is 11.3 Å². The van der Waals surface area contributed by atoms with Crippen molar-refractivity contribution in [3.05, 3.63) is 45.8 Å². The van der Waals surface area contributed by atoms with Crippen LogP contribution in [-0.2, 0) is 14.3 Å². The van der Waals surface area contributed by atoms with E-state index in [1.807, 2.05) is 0 Å². The van der Waals surface area contributed by atoms with Crippen molar-refractivity contribution in [2.45, 2.75) is 27.7 Å². The molecule has 0 fully saturated rings. The molecule has 0 unspecified atom stereocenters. The number of thiophene rings is 1. The molecule has 160 valence electrons. The van der Waals surface area contributed by atoms with Crippen LogP contribution in [0.25, 0.3) is 0 Å². The molecule has 0 saturated carbocycles. The molecule has 0 saturated heterocycles. The van der Waals surface area contributed by atoms with Crippen LogP contribution in [0.4, 0.5) is 5.00 Å². The zero-order valence-corrected chi connectivity index (χ0v) is 18.0. The molecular weight excluding hydrogens is 410 g/mol.